The number of carbonyl (C=O) groups excluding carboxylic acids is 1. The van der Waals surface area contributed by atoms with Crippen molar-refractivity contribution in [3.63, 3.8) is 0 Å². The fourth-order valence-corrected chi connectivity index (χ4v) is 2.21. The van der Waals surface area contributed by atoms with Crippen LogP contribution in [0.3, 0.4) is 0 Å². The van der Waals surface area contributed by atoms with Gasteiger partial charge in [-0.1, -0.05) is 42.0 Å². The van der Waals surface area contributed by atoms with Gasteiger partial charge < -0.3 is 10.7 Å². The second-order valence-electron chi connectivity index (χ2n) is 5.04. The van der Waals surface area contributed by atoms with E-state index in [4.69, 9.17) is 5.84 Å². The molecule has 2 aromatic carbocycles. The Balaban J connectivity index is 1.86. The largest absolute Gasteiger partial charge is 0.352 e. The van der Waals surface area contributed by atoms with Gasteiger partial charge in [0.1, 0.15) is 0 Å². The third-order valence-electron chi connectivity index (χ3n) is 3.35. The third-order valence-corrected chi connectivity index (χ3v) is 3.35. The minimum atomic E-state index is -0.0975. The molecular formula is C17H21N3O. The smallest absolute Gasteiger partial charge is 0.253 e. The van der Waals surface area contributed by atoms with Crippen LogP contribution in [0.4, 0.5) is 5.69 Å². The summed E-state index contributed by atoms with van der Waals surface area (Å²) >= 11 is 0. The fraction of sp³-hybridized carbons (Fsp3) is 0.235. The van der Waals surface area contributed by atoms with Gasteiger partial charge in [-0.25, -0.2) is 0 Å². The molecule has 0 aromatic heterocycles. The Hall–Kier alpha value is -2.33. The molecule has 0 spiro atoms. The van der Waals surface area contributed by atoms with E-state index in [1.807, 2.05) is 43.3 Å². The van der Waals surface area contributed by atoms with Gasteiger partial charge in [-0.2, -0.15) is 0 Å². The molecule has 1 amide bonds. The van der Waals surface area contributed by atoms with E-state index in [1.165, 1.54) is 5.56 Å². The van der Waals surface area contributed by atoms with E-state index in [0.717, 1.165) is 18.4 Å². The number of nitrogen functional groups attached to an aromatic ring is 1. The van der Waals surface area contributed by atoms with Crippen molar-refractivity contribution >= 4 is 11.6 Å². The molecule has 0 aliphatic rings. The lowest BCUT2D eigenvalue weighted by molar-refractivity contribution is 0.0954. The molecule has 0 radical (unpaired) electrons. The van der Waals surface area contributed by atoms with E-state index in [2.05, 4.69) is 22.9 Å². The molecular weight excluding hydrogens is 262 g/mol. The van der Waals surface area contributed by atoms with E-state index in [9.17, 15) is 4.79 Å². The van der Waals surface area contributed by atoms with Crippen molar-refractivity contribution in [1.29, 1.82) is 0 Å². The SMILES string of the molecule is Cc1ccc(NN)c(C(=O)NCCCc2ccccc2)c1. The lowest BCUT2D eigenvalue weighted by Gasteiger charge is -2.10. The highest BCUT2D eigenvalue weighted by atomic mass is 16.1. The highest BCUT2D eigenvalue weighted by Gasteiger charge is 2.10. The summed E-state index contributed by atoms with van der Waals surface area (Å²) in [6.45, 7) is 2.60. The molecule has 4 nitrogen and oxygen atoms in total. The molecule has 2 aromatic rings. The minimum absolute atomic E-state index is 0.0975. The van der Waals surface area contributed by atoms with Crippen LogP contribution in [0.15, 0.2) is 48.5 Å². The Labute approximate surface area is 125 Å². The Morgan fingerprint density at radius 1 is 1.14 bits per heavy atom. The quantitative estimate of drug-likeness (QED) is 0.434. The summed E-state index contributed by atoms with van der Waals surface area (Å²) in [5.41, 5.74) is 6.09. The normalized spacial score (nSPS) is 10.2. The molecule has 0 atom stereocenters. The molecule has 0 saturated heterocycles. The predicted molar refractivity (Wildman–Crippen MR) is 86.1 cm³/mol. The van der Waals surface area contributed by atoms with Crippen LogP contribution in [0, 0.1) is 6.92 Å². The van der Waals surface area contributed by atoms with Crippen LogP contribution in [0.5, 0.6) is 0 Å². The number of carbonyl (C=O) groups is 1. The number of benzene rings is 2. The van der Waals surface area contributed by atoms with Gasteiger partial charge in [0.05, 0.1) is 11.3 Å². The van der Waals surface area contributed by atoms with Gasteiger partial charge in [0, 0.05) is 6.54 Å². The molecule has 0 aliphatic carbocycles. The van der Waals surface area contributed by atoms with E-state index in [0.29, 0.717) is 17.8 Å². The first-order chi connectivity index (χ1) is 10.2. The Kier molecular flexibility index (Phi) is 5.35. The van der Waals surface area contributed by atoms with Gasteiger partial charge in [0.2, 0.25) is 0 Å². The number of hydrogen-bond donors (Lipinski definition) is 3. The van der Waals surface area contributed by atoms with Crippen molar-refractivity contribution in [3.05, 3.63) is 65.2 Å². The summed E-state index contributed by atoms with van der Waals surface area (Å²) in [6.07, 6.45) is 1.86. The van der Waals surface area contributed by atoms with Crippen LogP contribution in [0.2, 0.25) is 0 Å². The van der Waals surface area contributed by atoms with Crippen LogP contribution in [0.25, 0.3) is 0 Å². The van der Waals surface area contributed by atoms with Crippen molar-refractivity contribution in [3.8, 4) is 0 Å². The second-order valence-corrected chi connectivity index (χ2v) is 5.04. The van der Waals surface area contributed by atoms with Crippen molar-refractivity contribution in [1.82, 2.24) is 5.32 Å². The van der Waals surface area contributed by atoms with Crippen LogP contribution >= 0.6 is 0 Å². The van der Waals surface area contributed by atoms with Crippen molar-refractivity contribution in [2.24, 2.45) is 5.84 Å². The summed E-state index contributed by atoms with van der Waals surface area (Å²) in [7, 11) is 0. The fourth-order valence-electron chi connectivity index (χ4n) is 2.21. The molecule has 4 N–H and O–H groups in total. The molecule has 0 aliphatic heterocycles. The maximum Gasteiger partial charge on any atom is 0.253 e. The lowest BCUT2D eigenvalue weighted by atomic mass is 10.1. The maximum atomic E-state index is 12.2. The van der Waals surface area contributed by atoms with Crippen LogP contribution in [-0.4, -0.2) is 12.5 Å². The number of nitrogens with two attached hydrogens (primary N) is 1. The molecule has 4 heteroatoms. The monoisotopic (exact) mass is 283 g/mol. The average Bonchev–Trinajstić information content (AvgIpc) is 2.52. The second kappa shape index (κ2) is 7.45. The average molecular weight is 283 g/mol. The number of hydrazine groups is 1. The first-order valence-corrected chi connectivity index (χ1v) is 7.10. The predicted octanol–water partition coefficient (Wildman–Crippen LogP) is 2.64. The van der Waals surface area contributed by atoms with E-state index in [-0.39, 0.29) is 5.91 Å². The molecule has 110 valence electrons. The maximum absolute atomic E-state index is 12.2. The summed E-state index contributed by atoms with van der Waals surface area (Å²) < 4.78 is 0. The van der Waals surface area contributed by atoms with Gasteiger partial charge in [0.25, 0.3) is 5.91 Å². The van der Waals surface area contributed by atoms with Gasteiger partial charge in [0.15, 0.2) is 0 Å². The Bertz CT molecular complexity index is 596. The van der Waals surface area contributed by atoms with Gasteiger partial charge in [-0.15, -0.1) is 0 Å². The minimum Gasteiger partial charge on any atom is -0.352 e. The number of anilines is 1. The highest BCUT2D eigenvalue weighted by Crippen LogP contribution is 2.16. The summed E-state index contributed by atoms with van der Waals surface area (Å²) in [4.78, 5) is 12.2. The summed E-state index contributed by atoms with van der Waals surface area (Å²) in [5, 5.41) is 2.94. The van der Waals surface area contributed by atoms with Crippen molar-refractivity contribution in [2.75, 3.05) is 12.0 Å². The Morgan fingerprint density at radius 3 is 2.62 bits per heavy atom. The first kappa shape index (κ1) is 15.1. The van der Waals surface area contributed by atoms with E-state index >= 15 is 0 Å². The standard InChI is InChI=1S/C17H21N3O/c1-13-9-10-16(20-18)15(12-13)17(21)19-11-5-8-14-6-3-2-4-7-14/h2-4,6-7,9-10,12,20H,5,8,11,18H2,1H3,(H,19,21). The third kappa shape index (κ3) is 4.33. The van der Waals surface area contributed by atoms with Gasteiger partial charge in [-0.05, 0) is 37.5 Å². The number of amides is 1. The summed E-state index contributed by atoms with van der Waals surface area (Å²) in [5.74, 6) is 5.34. The van der Waals surface area contributed by atoms with E-state index in [1.54, 1.807) is 0 Å². The van der Waals surface area contributed by atoms with E-state index < -0.39 is 0 Å². The Morgan fingerprint density at radius 2 is 1.90 bits per heavy atom. The first-order valence-electron chi connectivity index (χ1n) is 7.10. The molecule has 0 fully saturated rings. The van der Waals surface area contributed by atoms with Crippen LogP contribution in [0.1, 0.15) is 27.9 Å². The molecule has 0 bridgehead atoms. The summed E-state index contributed by atoms with van der Waals surface area (Å²) in [6, 6.07) is 15.8. The van der Waals surface area contributed by atoms with Gasteiger partial charge >= 0.3 is 0 Å². The van der Waals surface area contributed by atoms with Gasteiger partial charge in [-0.3, -0.25) is 10.6 Å². The van der Waals surface area contributed by atoms with Crippen molar-refractivity contribution in [2.45, 2.75) is 19.8 Å². The van der Waals surface area contributed by atoms with Crippen LogP contribution < -0.4 is 16.6 Å². The lowest BCUT2D eigenvalue weighted by Crippen LogP contribution is -2.26. The zero-order valence-corrected chi connectivity index (χ0v) is 12.2. The molecule has 0 saturated carbocycles. The number of nitrogens with one attached hydrogen (secondary N) is 2. The van der Waals surface area contributed by atoms with Crippen molar-refractivity contribution < 1.29 is 4.79 Å². The van der Waals surface area contributed by atoms with Crippen LogP contribution in [-0.2, 0) is 6.42 Å². The molecule has 2 rings (SSSR count). The number of hydrogen-bond acceptors (Lipinski definition) is 3. The molecule has 21 heavy (non-hydrogen) atoms. The highest BCUT2D eigenvalue weighted by molar-refractivity contribution is 5.99. The zero-order valence-electron chi connectivity index (χ0n) is 12.2. The number of rotatable bonds is 6. The molecule has 0 heterocycles. The zero-order chi connectivity index (χ0) is 15.1. The molecule has 0 unspecified atom stereocenters. The number of aryl methyl sites for hydroxylation is 2. The topological polar surface area (TPSA) is 67.1 Å².